The number of nitrogens with zero attached hydrogens (tertiary/aromatic N) is 3. The van der Waals surface area contributed by atoms with Gasteiger partial charge in [0.1, 0.15) is 23.1 Å². The van der Waals surface area contributed by atoms with E-state index >= 15 is 0 Å². The van der Waals surface area contributed by atoms with Crippen molar-refractivity contribution < 1.29 is 19.1 Å². The predicted octanol–water partition coefficient (Wildman–Crippen LogP) is 8.39. The van der Waals surface area contributed by atoms with E-state index in [1.54, 1.807) is 91.5 Å². The second kappa shape index (κ2) is 19.7. The summed E-state index contributed by atoms with van der Waals surface area (Å²) in [7, 11) is 0. The van der Waals surface area contributed by atoms with Gasteiger partial charge in [0.15, 0.2) is 0 Å². The van der Waals surface area contributed by atoms with Crippen LogP contribution in [0.4, 0.5) is 21.2 Å². The summed E-state index contributed by atoms with van der Waals surface area (Å²) >= 11 is 11.4. The molecule has 0 aliphatic heterocycles. The summed E-state index contributed by atoms with van der Waals surface area (Å²) in [4.78, 5) is 33.2. The molecular formula is C29H24Br2ClN5O4. The fraction of sp³-hybridized carbons (Fsp3) is 0. The lowest BCUT2D eigenvalue weighted by atomic mass is 10.3. The normalized spacial score (nSPS) is 9.15. The molecule has 1 amide bonds. The van der Waals surface area contributed by atoms with Crippen LogP contribution >= 0.6 is 43.5 Å². The summed E-state index contributed by atoms with van der Waals surface area (Å²) in [5, 5.41) is 2.52. The summed E-state index contributed by atoms with van der Waals surface area (Å²) in [6.07, 6.45) is 6.19. The Morgan fingerprint density at radius 1 is 0.683 bits per heavy atom. The van der Waals surface area contributed by atoms with Gasteiger partial charge < -0.3 is 15.2 Å². The molecule has 0 fully saturated rings. The van der Waals surface area contributed by atoms with Gasteiger partial charge >= 0.3 is 11.5 Å². The van der Waals surface area contributed by atoms with Crippen molar-refractivity contribution in [2.75, 3.05) is 11.1 Å². The molecule has 9 nitrogen and oxygen atoms in total. The van der Waals surface area contributed by atoms with Crippen LogP contribution in [0, 0.1) is 0 Å². The van der Waals surface area contributed by atoms with Gasteiger partial charge in [0.2, 0.25) is 0 Å². The van der Waals surface area contributed by atoms with Gasteiger partial charge in [-0.25, -0.2) is 19.6 Å². The first kappa shape index (κ1) is 32.9. The zero-order chi connectivity index (χ0) is 29.7. The van der Waals surface area contributed by atoms with E-state index < -0.39 is 11.5 Å². The topological polar surface area (TPSA) is 129 Å². The molecule has 2 aromatic carbocycles. The van der Waals surface area contributed by atoms with Gasteiger partial charge in [0, 0.05) is 45.3 Å². The number of carbonyl (C=O) groups excluding carboxylic acids is 2. The van der Waals surface area contributed by atoms with Gasteiger partial charge in [0.25, 0.3) is 0 Å². The molecule has 3 heterocycles. The summed E-state index contributed by atoms with van der Waals surface area (Å²) < 4.78 is 11.4. The van der Waals surface area contributed by atoms with Crippen molar-refractivity contribution in [3.63, 3.8) is 0 Å². The molecule has 0 saturated carbocycles. The lowest BCUT2D eigenvalue weighted by Gasteiger charge is -2.05. The molecule has 0 saturated heterocycles. The van der Waals surface area contributed by atoms with Crippen LogP contribution in [0.1, 0.15) is 0 Å². The number of rotatable bonds is 3. The molecule has 41 heavy (non-hydrogen) atoms. The zero-order valence-corrected chi connectivity index (χ0v) is 25.2. The summed E-state index contributed by atoms with van der Waals surface area (Å²) in [5.41, 5.74) is 4.48. The predicted molar refractivity (Wildman–Crippen MR) is 167 cm³/mol. The highest BCUT2D eigenvalue weighted by Gasteiger charge is 2.05. The lowest BCUT2D eigenvalue weighted by Crippen LogP contribution is -2.17. The molecule has 0 unspecified atom stereocenters. The number of carbonyl (C=O) groups is 2. The van der Waals surface area contributed by atoms with Crippen LogP contribution in [0.5, 0.6) is 11.5 Å². The highest BCUT2D eigenvalue weighted by Crippen LogP contribution is 2.13. The van der Waals surface area contributed by atoms with Gasteiger partial charge in [-0.15, -0.1) is 0 Å². The number of para-hydroxylation sites is 2. The number of nitrogens with two attached hydrogens (primary N) is 1. The lowest BCUT2D eigenvalue weighted by molar-refractivity contribution is 0.215. The Morgan fingerprint density at radius 2 is 1.20 bits per heavy atom. The maximum absolute atomic E-state index is 11.5. The van der Waals surface area contributed by atoms with Crippen molar-refractivity contribution in [1.82, 2.24) is 15.0 Å². The highest BCUT2D eigenvalue weighted by atomic mass is 79.9. The Balaban J connectivity index is 0.000000208. The molecule has 210 valence electrons. The summed E-state index contributed by atoms with van der Waals surface area (Å²) in [6.45, 7) is 0. The number of nitrogen functional groups attached to an aromatic ring is 1. The van der Waals surface area contributed by atoms with Crippen molar-refractivity contribution in [3.8, 4) is 11.5 Å². The molecule has 3 N–H and O–H groups in total. The van der Waals surface area contributed by atoms with Crippen LogP contribution in [0.2, 0.25) is 0 Å². The monoisotopic (exact) mass is 699 g/mol. The Morgan fingerprint density at radius 3 is 1.59 bits per heavy atom. The van der Waals surface area contributed by atoms with Crippen LogP contribution in [-0.2, 0) is 0 Å². The minimum Gasteiger partial charge on any atom is -0.415 e. The van der Waals surface area contributed by atoms with Crippen LogP contribution in [0.15, 0.2) is 137 Å². The third kappa shape index (κ3) is 16.4. The summed E-state index contributed by atoms with van der Waals surface area (Å²) in [5.74, 6) is 1.94. The van der Waals surface area contributed by atoms with E-state index in [4.69, 9.17) is 22.1 Å². The third-order valence-corrected chi connectivity index (χ3v) is 5.18. The van der Waals surface area contributed by atoms with Gasteiger partial charge in [-0.1, -0.05) is 42.5 Å². The minimum atomic E-state index is -0.814. The first-order chi connectivity index (χ1) is 19.8. The third-order valence-electron chi connectivity index (χ3n) is 4.17. The zero-order valence-electron chi connectivity index (χ0n) is 21.3. The van der Waals surface area contributed by atoms with Crippen LogP contribution in [-0.4, -0.2) is 26.5 Å². The van der Waals surface area contributed by atoms with Crippen LogP contribution in [0.3, 0.4) is 0 Å². The molecule has 5 aromatic rings. The first-order valence-electron chi connectivity index (χ1n) is 11.6. The van der Waals surface area contributed by atoms with E-state index in [9.17, 15) is 9.59 Å². The Hall–Kier alpha value is -4.32. The first-order valence-corrected chi connectivity index (χ1v) is 13.6. The number of nitrogens with one attached hydrogen (secondary N) is 1. The number of pyridine rings is 3. The average molecular weight is 702 g/mol. The van der Waals surface area contributed by atoms with Crippen molar-refractivity contribution >= 4 is 66.6 Å². The van der Waals surface area contributed by atoms with E-state index in [0.717, 1.165) is 8.95 Å². The van der Waals surface area contributed by atoms with Gasteiger partial charge in [0.05, 0.1) is 0 Å². The molecule has 0 spiro atoms. The minimum absolute atomic E-state index is 0.439. The van der Waals surface area contributed by atoms with E-state index in [1.807, 2.05) is 36.4 Å². The summed E-state index contributed by atoms with van der Waals surface area (Å²) in [6, 6.07) is 30.3. The molecule has 0 atom stereocenters. The van der Waals surface area contributed by atoms with Crippen molar-refractivity contribution in [2.24, 2.45) is 0 Å². The highest BCUT2D eigenvalue weighted by molar-refractivity contribution is 9.10. The average Bonchev–Trinajstić information content (AvgIpc) is 2.98. The maximum Gasteiger partial charge on any atom is 0.418 e. The Labute approximate surface area is 259 Å². The number of halogens is 3. The fourth-order valence-electron chi connectivity index (χ4n) is 2.46. The maximum atomic E-state index is 11.5. The van der Waals surface area contributed by atoms with Crippen molar-refractivity contribution in [3.05, 3.63) is 137 Å². The largest absolute Gasteiger partial charge is 0.418 e. The second-order valence-electron chi connectivity index (χ2n) is 7.27. The number of ether oxygens (including phenoxy) is 2. The van der Waals surface area contributed by atoms with Crippen LogP contribution in [0.25, 0.3) is 0 Å². The smallest absolute Gasteiger partial charge is 0.415 e. The van der Waals surface area contributed by atoms with Gasteiger partial charge in [-0.2, -0.15) is 0 Å². The molecule has 0 radical (unpaired) electrons. The van der Waals surface area contributed by atoms with E-state index in [1.165, 1.54) is 0 Å². The number of amides is 1. The molecule has 0 aliphatic rings. The number of hydrogen-bond acceptors (Lipinski definition) is 8. The molecule has 12 heteroatoms. The van der Waals surface area contributed by atoms with Gasteiger partial charge in [-0.3, -0.25) is 10.3 Å². The Kier molecular flexibility index (Phi) is 15.8. The number of benzene rings is 2. The standard InChI is InChI=1S/C12H9BrN2O2.C7H5ClO2.C5H5BrN2.C5H5N/c13-9-6-7-11(14-8-9)15-12(16)17-10-4-2-1-3-5-10;8-7(9)10-6-4-2-1-3-5-6;6-4-1-2-5(7)8-3-4;1-2-4-6-5-3-1/h1-8H,(H,14,15,16);1-5H;1-3H,(H2,7,8);1-5H. The SMILES string of the molecule is Nc1ccc(Br)cn1.O=C(Cl)Oc1ccccc1.O=C(Nc1ccc(Br)cn1)Oc1ccccc1.c1ccncc1. The molecule has 0 bridgehead atoms. The molecule has 0 aliphatic carbocycles. The van der Waals surface area contributed by atoms with Crippen molar-refractivity contribution in [1.29, 1.82) is 0 Å². The fourth-order valence-corrected chi connectivity index (χ4v) is 3.01. The van der Waals surface area contributed by atoms with E-state index in [0.29, 0.717) is 23.1 Å². The molecular weight excluding hydrogens is 678 g/mol. The number of anilines is 2. The Bertz CT molecular complexity index is 1370. The van der Waals surface area contributed by atoms with Gasteiger partial charge in [-0.05, 0) is 92.5 Å². The number of aromatic nitrogens is 3. The van der Waals surface area contributed by atoms with Crippen LogP contribution < -0.4 is 20.5 Å². The quantitative estimate of drug-likeness (QED) is 0.180. The van der Waals surface area contributed by atoms with E-state index in [-0.39, 0.29) is 0 Å². The molecule has 5 rings (SSSR count). The van der Waals surface area contributed by atoms with E-state index in [2.05, 4.69) is 56.9 Å². The molecule has 3 aromatic heterocycles. The second-order valence-corrected chi connectivity index (χ2v) is 9.41. The van der Waals surface area contributed by atoms with Crippen molar-refractivity contribution in [2.45, 2.75) is 0 Å². The number of hydrogen-bond donors (Lipinski definition) is 2.